The molecule has 168 valence electrons. The highest BCUT2D eigenvalue weighted by atomic mass is 35.5. The van der Waals surface area contributed by atoms with E-state index in [2.05, 4.69) is 23.2 Å². The van der Waals surface area contributed by atoms with Gasteiger partial charge in [-0.15, -0.1) is 11.8 Å². The van der Waals surface area contributed by atoms with E-state index >= 15 is 0 Å². The molecule has 2 aromatic carbocycles. The van der Waals surface area contributed by atoms with Crippen molar-refractivity contribution in [3.63, 3.8) is 0 Å². The van der Waals surface area contributed by atoms with E-state index < -0.39 is 6.10 Å². The highest BCUT2D eigenvalue weighted by Gasteiger charge is 2.23. The van der Waals surface area contributed by atoms with Crippen molar-refractivity contribution in [3.8, 4) is 5.75 Å². The molecule has 2 aromatic rings. The summed E-state index contributed by atoms with van der Waals surface area (Å²) in [6, 6.07) is 11.3. The van der Waals surface area contributed by atoms with Gasteiger partial charge in [0.15, 0.2) is 0 Å². The molecule has 0 aromatic heterocycles. The Labute approximate surface area is 193 Å². The van der Waals surface area contributed by atoms with Crippen LogP contribution in [0.5, 0.6) is 5.75 Å². The van der Waals surface area contributed by atoms with Gasteiger partial charge in [-0.3, -0.25) is 0 Å². The summed E-state index contributed by atoms with van der Waals surface area (Å²) in [6.07, 6.45) is 4.28. The molecule has 0 amide bonds. The Morgan fingerprint density at radius 1 is 1.39 bits per heavy atom. The molecule has 0 unspecified atom stereocenters. The molecule has 1 aliphatic rings. The zero-order valence-corrected chi connectivity index (χ0v) is 19.8. The second-order valence-electron chi connectivity index (χ2n) is 7.72. The van der Waals surface area contributed by atoms with Gasteiger partial charge in [0, 0.05) is 41.8 Å². The molecule has 3 rings (SSSR count). The fourth-order valence-corrected chi connectivity index (χ4v) is 4.58. The second-order valence-corrected chi connectivity index (χ2v) is 8.97. The SMILES string of the molecule is C/C=C(\SC)c1ccccc1OC[C@@H](O)CN[C@@H](C)CN1CCc2cc(F)c(Cl)cc21. The van der Waals surface area contributed by atoms with Gasteiger partial charge in [0.2, 0.25) is 0 Å². The summed E-state index contributed by atoms with van der Waals surface area (Å²) < 4.78 is 19.6. The lowest BCUT2D eigenvalue weighted by atomic mass is 10.1. The molecule has 0 saturated heterocycles. The molecule has 4 nitrogen and oxygen atoms in total. The summed E-state index contributed by atoms with van der Waals surface area (Å²) in [6.45, 7) is 6.31. The van der Waals surface area contributed by atoms with E-state index in [1.54, 1.807) is 17.8 Å². The van der Waals surface area contributed by atoms with Crippen LogP contribution in [0.3, 0.4) is 0 Å². The van der Waals surface area contributed by atoms with E-state index in [-0.39, 0.29) is 23.5 Å². The van der Waals surface area contributed by atoms with E-state index in [4.69, 9.17) is 16.3 Å². The van der Waals surface area contributed by atoms with Gasteiger partial charge in [0.05, 0.1) is 5.02 Å². The number of hydrogen-bond donors (Lipinski definition) is 2. The molecule has 0 fully saturated rings. The Balaban J connectivity index is 1.48. The first-order valence-electron chi connectivity index (χ1n) is 10.5. The molecule has 0 spiro atoms. The maximum absolute atomic E-state index is 13.7. The number of thioether (sulfide) groups is 1. The fraction of sp³-hybridized carbons (Fsp3) is 0.417. The minimum Gasteiger partial charge on any atom is -0.490 e. The molecule has 31 heavy (non-hydrogen) atoms. The molecule has 0 saturated carbocycles. The molecule has 1 heterocycles. The Kier molecular flexibility index (Phi) is 8.67. The number of aliphatic hydroxyl groups is 1. The normalized spacial score (nSPS) is 15.7. The maximum atomic E-state index is 13.7. The predicted octanol–water partition coefficient (Wildman–Crippen LogP) is 4.98. The molecule has 1 aliphatic heterocycles. The minimum atomic E-state index is -0.631. The number of hydrogen-bond acceptors (Lipinski definition) is 5. The summed E-state index contributed by atoms with van der Waals surface area (Å²) in [4.78, 5) is 3.35. The fourth-order valence-electron chi connectivity index (χ4n) is 3.79. The number of benzene rings is 2. The molecule has 2 atom stereocenters. The van der Waals surface area contributed by atoms with Crippen molar-refractivity contribution < 1.29 is 14.2 Å². The summed E-state index contributed by atoms with van der Waals surface area (Å²) in [5, 5.41) is 13.9. The number of halogens is 2. The number of nitrogens with zero attached hydrogens (tertiary/aromatic N) is 1. The summed E-state index contributed by atoms with van der Waals surface area (Å²) in [5.41, 5.74) is 3.02. The van der Waals surface area contributed by atoms with E-state index in [1.807, 2.05) is 37.4 Å². The number of ether oxygens (including phenoxy) is 1. The van der Waals surface area contributed by atoms with Crippen LogP contribution < -0.4 is 15.0 Å². The van der Waals surface area contributed by atoms with Crippen LogP contribution in [-0.4, -0.2) is 49.7 Å². The number of allylic oxidation sites excluding steroid dienone is 1. The highest BCUT2D eigenvalue weighted by molar-refractivity contribution is 8.07. The van der Waals surface area contributed by atoms with Crippen LogP contribution in [0.1, 0.15) is 25.0 Å². The van der Waals surface area contributed by atoms with Crippen molar-refractivity contribution in [2.24, 2.45) is 0 Å². The lowest BCUT2D eigenvalue weighted by Gasteiger charge is -2.25. The monoisotopic (exact) mass is 464 g/mol. The minimum absolute atomic E-state index is 0.142. The first kappa shape index (κ1) is 23.9. The number of aliphatic hydroxyl groups excluding tert-OH is 1. The Morgan fingerprint density at radius 2 is 2.16 bits per heavy atom. The van der Waals surface area contributed by atoms with Crippen LogP contribution in [0.15, 0.2) is 42.5 Å². The Morgan fingerprint density at radius 3 is 2.90 bits per heavy atom. The van der Waals surface area contributed by atoms with Gasteiger partial charge in [-0.1, -0.05) is 35.9 Å². The van der Waals surface area contributed by atoms with Crippen molar-refractivity contribution in [2.45, 2.75) is 32.4 Å². The second kappa shape index (κ2) is 11.2. The quantitative estimate of drug-likeness (QED) is 0.519. The third-order valence-electron chi connectivity index (χ3n) is 5.38. The average molecular weight is 465 g/mol. The molecule has 0 radical (unpaired) electrons. The van der Waals surface area contributed by atoms with Crippen LogP contribution in [-0.2, 0) is 6.42 Å². The van der Waals surface area contributed by atoms with Crippen molar-refractivity contribution in [1.82, 2.24) is 5.32 Å². The largest absolute Gasteiger partial charge is 0.490 e. The van der Waals surface area contributed by atoms with Crippen LogP contribution in [0, 0.1) is 5.82 Å². The Bertz CT molecular complexity index is 924. The molecule has 0 bridgehead atoms. The van der Waals surface area contributed by atoms with Gasteiger partial charge >= 0.3 is 0 Å². The molecule has 0 aliphatic carbocycles. The van der Waals surface area contributed by atoms with Crippen LogP contribution >= 0.6 is 23.4 Å². The van der Waals surface area contributed by atoms with Crippen molar-refractivity contribution in [2.75, 3.05) is 37.4 Å². The smallest absolute Gasteiger partial charge is 0.142 e. The average Bonchev–Trinajstić information content (AvgIpc) is 3.14. The van der Waals surface area contributed by atoms with Crippen molar-refractivity contribution >= 4 is 34.0 Å². The molecular formula is C24H30ClFN2O2S. The molecule has 2 N–H and O–H groups in total. The van der Waals surface area contributed by atoms with Gasteiger partial charge in [-0.2, -0.15) is 0 Å². The van der Waals surface area contributed by atoms with Gasteiger partial charge in [-0.05, 0) is 50.3 Å². The number of anilines is 1. The third kappa shape index (κ3) is 6.16. The number of rotatable bonds is 10. The first-order valence-corrected chi connectivity index (χ1v) is 12.1. The number of fused-ring (bicyclic) bond motifs is 1. The third-order valence-corrected chi connectivity index (χ3v) is 6.56. The number of nitrogens with one attached hydrogen (secondary N) is 1. The summed E-state index contributed by atoms with van der Waals surface area (Å²) in [5.74, 6) is 0.409. The van der Waals surface area contributed by atoms with Gasteiger partial charge < -0.3 is 20.1 Å². The standard InChI is InChI=1S/C24H30ClFN2O2S/c1-4-24(31-3)19-7-5-6-8-23(19)30-15-18(29)13-27-16(2)14-28-10-9-17-11-21(26)20(25)12-22(17)28/h4-8,11-12,16,18,27,29H,9-10,13-15H2,1-3H3/b24-4-/t16-,18-/m0/s1. The van der Waals surface area contributed by atoms with E-state index in [0.717, 1.165) is 47.0 Å². The Hall–Kier alpha value is -1.73. The summed E-state index contributed by atoms with van der Waals surface area (Å²) >= 11 is 7.63. The van der Waals surface area contributed by atoms with Gasteiger partial charge in [-0.25, -0.2) is 4.39 Å². The summed E-state index contributed by atoms with van der Waals surface area (Å²) in [7, 11) is 0. The van der Waals surface area contributed by atoms with E-state index in [9.17, 15) is 9.50 Å². The van der Waals surface area contributed by atoms with E-state index in [1.165, 1.54) is 6.07 Å². The van der Waals surface area contributed by atoms with Gasteiger partial charge in [0.1, 0.15) is 24.3 Å². The first-order chi connectivity index (χ1) is 14.9. The van der Waals surface area contributed by atoms with Crippen molar-refractivity contribution in [1.29, 1.82) is 0 Å². The predicted molar refractivity (Wildman–Crippen MR) is 130 cm³/mol. The van der Waals surface area contributed by atoms with Crippen LogP contribution in [0.2, 0.25) is 5.02 Å². The lowest BCUT2D eigenvalue weighted by molar-refractivity contribution is 0.104. The van der Waals surface area contributed by atoms with Crippen LogP contribution in [0.4, 0.5) is 10.1 Å². The van der Waals surface area contributed by atoms with Crippen LogP contribution in [0.25, 0.3) is 4.91 Å². The van der Waals surface area contributed by atoms with Gasteiger partial charge in [0.25, 0.3) is 0 Å². The van der Waals surface area contributed by atoms with Crippen molar-refractivity contribution in [3.05, 3.63) is 64.4 Å². The maximum Gasteiger partial charge on any atom is 0.142 e. The zero-order chi connectivity index (χ0) is 22.4. The topological polar surface area (TPSA) is 44.7 Å². The highest BCUT2D eigenvalue weighted by Crippen LogP contribution is 2.33. The lowest BCUT2D eigenvalue weighted by Crippen LogP contribution is -2.42. The zero-order valence-electron chi connectivity index (χ0n) is 18.2. The molecular weight excluding hydrogens is 435 g/mol. The molecule has 7 heteroatoms. The number of para-hydroxylation sites is 1. The van der Waals surface area contributed by atoms with E-state index in [0.29, 0.717) is 6.54 Å².